The highest BCUT2D eigenvalue weighted by Crippen LogP contribution is 2.27. The topological polar surface area (TPSA) is 87.6 Å². The van der Waals surface area contributed by atoms with E-state index in [1.165, 1.54) is 0 Å². The molecule has 3 N–H and O–H groups in total. The Morgan fingerprint density at radius 3 is 2.85 bits per heavy atom. The van der Waals surface area contributed by atoms with E-state index in [0.29, 0.717) is 19.5 Å². The highest BCUT2D eigenvalue weighted by atomic mass is 35.5. The van der Waals surface area contributed by atoms with E-state index in [9.17, 15) is 4.79 Å². The van der Waals surface area contributed by atoms with Crippen molar-refractivity contribution >= 4 is 41.8 Å². The number of aromatic amines is 1. The number of carbonyl (C=O) groups is 1. The van der Waals surface area contributed by atoms with Crippen LogP contribution in [0.2, 0.25) is 0 Å². The first-order valence-corrected chi connectivity index (χ1v) is 8.61. The zero-order chi connectivity index (χ0) is 17.2. The van der Waals surface area contributed by atoms with Gasteiger partial charge in [0.2, 0.25) is 5.91 Å². The fraction of sp³-hybridized carbons (Fsp3) is 0.389. The van der Waals surface area contributed by atoms with Crippen LogP contribution in [0.4, 0.5) is 0 Å². The zero-order valence-corrected chi connectivity index (χ0v) is 16.6. The molecule has 0 bridgehead atoms. The summed E-state index contributed by atoms with van der Waals surface area (Å²) < 4.78 is 1.78. The van der Waals surface area contributed by atoms with E-state index in [-0.39, 0.29) is 42.6 Å². The molecule has 0 spiro atoms. The molecule has 4 rings (SSSR count). The molecule has 1 aromatic carbocycles. The number of halogens is 2. The molecule has 1 aliphatic rings. The average Bonchev–Trinajstić information content (AvgIpc) is 3.32. The normalized spacial score (nSPS) is 18.7. The van der Waals surface area contributed by atoms with Crippen LogP contribution in [0.1, 0.15) is 17.3 Å². The van der Waals surface area contributed by atoms with Crippen molar-refractivity contribution in [2.24, 2.45) is 13.0 Å². The number of benzene rings is 1. The second-order valence-electron chi connectivity index (χ2n) is 6.56. The Balaban J connectivity index is 0.00000131. The fourth-order valence-corrected chi connectivity index (χ4v) is 3.50. The highest BCUT2D eigenvalue weighted by molar-refractivity contribution is 5.85. The van der Waals surface area contributed by atoms with Crippen molar-refractivity contribution in [2.45, 2.75) is 12.3 Å². The average molecular weight is 411 g/mol. The molecule has 2 atom stereocenters. The molecule has 1 saturated heterocycles. The summed E-state index contributed by atoms with van der Waals surface area (Å²) in [5, 5.41) is 10.6. The summed E-state index contributed by atoms with van der Waals surface area (Å²) in [6.45, 7) is 2.10. The Kier molecular flexibility index (Phi) is 7.24. The number of imidazole rings is 1. The van der Waals surface area contributed by atoms with E-state index >= 15 is 0 Å². The van der Waals surface area contributed by atoms with Gasteiger partial charge in [-0.1, -0.05) is 12.1 Å². The van der Waals surface area contributed by atoms with E-state index in [2.05, 4.69) is 25.7 Å². The van der Waals surface area contributed by atoms with Gasteiger partial charge in [-0.2, -0.15) is 5.10 Å². The number of rotatable bonds is 5. The summed E-state index contributed by atoms with van der Waals surface area (Å²) in [4.78, 5) is 20.4. The Morgan fingerprint density at radius 1 is 1.30 bits per heavy atom. The maximum absolute atomic E-state index is 12.6. The summed E-state index contributed by atoms with van der Waals surface area (Å²) >= 11 is 0. The summed E-state index contributed by atoms with van der Waals surface area (Å²) in [7, 11) is 1.90. The van der Waals surface area contributed by atoms with Crippen LogP contribution in [0.25, 0.3) is 11.0 Å². The van der Waals surface area contributed by atoms with Gasteiger partial charge in [-0.15, -0.1) is 24.8 Å². The third-order valence-corrected chi connectivity index (χ3v) is 4.80. The van der Waals surface area contributed by atoms with E-state index in [0.717, 1.165) is 29.0 Å². The molecule has 9 heteroatoms. The summed E-state index contributed by atoms with van der Waals surface area (Å²) in [6.07, 6.45) is 4.54. The number of nitrogens with one attached hydrogen (secondary N) is 3. The van der Waals surface area contributed by atoms with Crippen molar-refractivity contribution in [3.8, 4) is 0 Å². The van der Waals surface area contributed by atoms with Gasteiger partial charge in [0, 0.05) is 45.2 Å². The predicted molar refractivity (Wildman–Crippen MR) is 110 cm³/mol. The Hall–Kier alpha value is -2.09. The van der Waals surface area contributed by atoms with Crippen molar-refractivity contribution in [3.05, 3.63) is 48.0 Å². The number of nitrogens with zero attached hydrogens (tertiary/aromatic N) is 3. The fourth-order valence-electron chi connectivity index (χ4n) is 3.50. The van der Waals surface area contributed by atoms with Crippen LogP contribution in [0, 0.1) is 5.92 Å². The van der Waals surface area contributed by atoms with E-state index in [4.69, 9.17) is 0 Å². The molecule has 1 aliphatic heterocycles. The first kappa shape index (κ1) is 21.2. The Morgan fingerprint density at radius 2 is 2.11 bits per heavy atom. The van der Waals surface area contributed by atoms with Crippen LogP contribution in [0.15, 0.2) is 36.7 Å². The molecule has 0 unspecified atom stereocenters. The molecule has 2 aromatic heterocycles. The first-order chi connectivity index (χ1) is 12.2. The van der Waals surface area contributed by atoms with Crippen molar-refractivity contribution in [1.29, 1.82) is 0 Å². The number of hydrogen-bond donors (Lipinski definition) is 3. The quantitative estimate of drug-likeness (QED) is 0.598. The van der Waals surface area contributed by atoms with Crippen molar-refractivity contribution < 1.29 is 4.79 Å². The van der Waals surface area contributed by atoms with Gasteiger partial charge >= 0.3 is 0 Å². The predicted octanol–water partition coefficient (Wildman–Crippen LogP) is 1.80. The molecule has 0 saturated carbocycles. The second kappa shape index (κ2) is 9.21. The second-order valence-corrected chi connectivity index (χ2v) is 6.56. The lowest BCUT2D eigenvalue weighted by Gasteiger charge is -2.16. The molecule has 0 aliphatic carbocycles. The summed E-state index contributed by atoms with van der Waals surface area (Å²) in [5.41, 5.74) is 3.10. The maximum atomic E-state index is 12.6. The van der Waals surface area contributed by atoms with Gasteiger partial charge in [-0.3, -0.25) is 9.48 Å². The third kappa shape index (κ3) is 4.61. The number of fused-ring (bicyclic) bond motifs is 1. The molecule has 27 heavy (non-hydrogen) atoms. The Bertz CT molecular complexity index is 860. The minimum absolute atomic E-state index is 0. The summed E-state index contributed by atoms with van der Waals surface area (Å²) in [5.74, 6) is 1.12. The number of amides is 1. The number of carbonyl (C=O) groups excluding carboxylic acids is 1. The number of hydrogen-bond acceptors (Lipinski definition) is 4. The van der Waals surface area contributed by atoms with Crippen LogP contribution in [0.5, 0.6) is 0 Å². The number of aryl methyl sites for hydroxylation is 1. The van der Waals surface area contributed by atoms with Gasteiger partial charge in [-0.05, 0) is 17.7 Å². The lowest BCUT2D eigenvalue weighted by molar-refractivity contribution is -0.124. The summed E-state index contributed by atoms with van der Waals surface area (Å²) in [6, 6.07) is 7.95. The lowest BCUT2D eigenvalue weighted by atomic mass is 9.90. The largest absolute Gasteiger partial charge is 0.355 e. The van der Waals surface area contributed by atoms with Crippen molar-refractivity contribution in [1.82, 2.24) is 30.4 Å². The van der Waals surface area contributed by atoms with Gasteiger partial charge in [-0.25, -0.2) is 4.98 Å². The van der Waals surface area contributed by atoms with E-state index in [1.807, 2.05) is 43.7 Å². The smallest absolute Gasteiger partial charge is 0.225 e. The molecule has 7 nitrogen and oxygen atoms in total. The van der Waals surface area contributed by atoms with Gasteiger partial charge in [0.05, 0.1) is 23.1 Å². The molecule has 3 heterocycles. The zero-order valence-electron chi connectivity index (χ0n) is 15.0. The van der Waals surface area contributed by atoms with Gasteiger partial charge in [0.15, 0.2) is 0 Å². The van der Waals surface area contributed by atoms with Crippen molar-refractivity contribution in [3.63, 3.8) is 0 Å². The lowest BCUT2D eigenvalue weighted by Crippen LogP contribution is -2.35. The SMILES string of the molecule is Cl.Cl.Cn1cc([C@H]2CNC[C@@H]2C(=O)NCCc2nc3ccccc3[nH]2)cn1. The minimum Gasteiger partial charge on any atom is -0.355 e. The van der Waals surface area contributed by atoms with E-state index in [1.54, 1.807) is 4.68 Å². The van der Waals surface area contributed by atoms with Crippen LogP contribution in [-0.4, -0.2) is 45.3 Å². The monoisotopic (exact) mass is 410 g/mol. The van der Waals surface area contributed by atoms with Crippen LogP contribution in [-0.2, 0) is 18.3 Å². The molecule has 1 amide bonds. The van der Waals surface area contributed by atoms with Crippen molar-refractivity contribution in [2.75, 3.05) is 19.6 Å². The standard InChI is InChI=1S/C18H22N6O.2ClH/c1-24-11-12(8-21-24)13-9-19-10-14(13)18(25)20-7-6-17-22-15-4-2-3-5-16(15)23-17;;/h2-5,8,11,13-14,19H,6-7,9-10H2,1H3,(H,20,25)(H,22,23);2*1H/t13-,14+;;/m1../s1. The van der Waals surface area contributed by atoms with E-state index < -0.39 is 0 Å². The highest BCUT2D eigenvalue weighted by Gasteiger charge is 2.34. The van der Waals surface area contributed by atoms with Gasteiger partial charge < -0.3 is 15.6 Å². The van der Waals surface area contributed by atoms with Crippen LogP contribution >= 0.6 is 24.8 Å². The van der Waals surface area contributed by atoms with Gasteiger partial charge in [0.25, 0.3) is 0 Å². The molecule has 1 fully saturated rings. The minimum atomic E-state index is -0.0557. The van der Waals surface area contributed by atoms with Crippen LogP contribution < -0.4 is 10.6 Å². The number of aromatic nitrogens is 4. The third-order valence-electron chi connectivity index (χ3n) is 4.80. The first-order valence-electron chi connectivity index (χ1n) is 8.61. The molecule has 0 radical (unpaired) electrons. The maximum Gasteiger partial charge on any atom is 0.225 e. The molecular weight excluding hydrogens is 387 g/mol. The molecule has 146 valence electrons. The molecule has 3 aromatic rings. The van der Waals surface area contributed by atoms with Gasteiger partial charge in [0.1, 0.15) is 5.82 Å². The number of H-pyrrole nitrogens is 1. The Labute approximate surface area is 170 Å². The number of para-hydroxylation sites is 2. The van der Waals surface area contributed by atoms with Crippen LogP contribution in [0.3, 0.4) is 0 Å². The molecular formula is C18H24Cl2N6O.